The molecule has 0 radical (unpaired) electrons. The van der Waals surface area contributed by atoms with Gasteiger partial charge in [0.15, 0.2) is 0 Å². The highest BCUT2D eigenvalue weighted by Crippen LogP contribution is 2.35. The van der Waals surface area contributed by atoms with Gasteiger partial charge in [-0.1, -0.05) is 23.4 Å². The molecule has 2 N–H and O–H groups in total. The Hall–Kier alpha value is -1.30. The number of hydrogen-bond donors (Lipinski definition) is 1. The van der Waals surface area contributed by atoms with Crippen LogP contribution in [0.2, 0.25) is 5.02 Å². The van der Waals surface area contributed by atoms with Crippen molar-refractivity contribution in [2.24, 2.45) is 0 Å². The largest absolute Gasteiger partial charge is 0.398 e. The molecule has 20 heavy (non-hydrogen) atoms. The van der Waals surface area contributed by atoms with Gasteiger partial charge in [-0.15, -0.1) is 0 Å². The number of hydrogen-bond acceptors (Lipinski definition) is 4. The van der Waals surface area contributed by atoms with Crippen LogP contribution >= 0.6 is 39.3 Å². The van der Waals surface area contributed by atoms with Crippen LogP contribution in [0.1, 0.15) is 0 Å². The van der Waals surface area contributed by atoms with Crippen molar-refractivity contribution in [2.45, 2.75) is 9.92 Å². The summed E-state index contributed by atoms with van der Waals surface area (Å²) in [6, 6.07) is 9.51. The van der Waals surface area contributed by atoms with Crippen LogP contribution in [-0.2, 0) is 0 Å². The van der Waals surface area contributed by atoms with Gasteiger partial charge in [0.2, 0.25) is 0 Å². The minimum absolute atomic E-state index is 0.624. The summed E-state index contributed by atoms with van der Waals surface area (Å²) >= 11 is 10.8. The molecule has 0 saturated carbocycles. The van der Waals surface area contributed by atoms with Crippen LogP contribution in [0.5, 0.6) is 0 Å². The number of aromatic nitrogens is 2. The molecule has 6 heteroatoms. The summed E-state index contributed by atoms with van der Waals surface area (Å²) in [5, 5.41) is 2.42. The van der Waals surface area contributed by atoms with E-state index in [1.807, 2.05) is 30.3 Å². The zero-order valence-electron chi connectivity index (χ0n) is 10.2. The summed E-state index contributed by atoms with van der Waals surface area (Å²) in [7, 11) is 0. The van der Waals surface area contributed by atoms with E-state index in [0.717, 1.165) is 25.3 Å². The Morgan fingerprint density at radius 1 is 1.10 bits per heavy atom. The summed E-state index contributed by atoms with van der Waals surface area (Å²) < 4.78 is 0.906. The molecule has 0 unspecified atom stereocenters. The molecule has 2 aromatic heterocycles. The fourth-order valence-electron chi connectivity index (χ4n) is 1.81. The zero-order chi connectivity index (χ0) is 14.1. The maximum atomic E-state index is 6.00. The first-order valence-corrected chi connectivity index (χ1v) is 7.75. The Balaban J connectivity index is 2.08. The predicted octanol–water partition coefficient (Wildman–Crippen LogP) is 4.78. The third-order valence-corrected chi connectivity index (χ3v) is 4.38. The van der Waals surface area contributed by atoms with Gasteiger partial charge in [0, 0.05) is 32.8 Å². The molecule has 3 aromatic rings. The molecule has 0 aliphatic rings. The number of rotatable bonds is 2. The van der Waals surface area contributed by atoms with Gasteiger partial charge < -0.3 is 5.73 Å². The maximum absolute atomic E-state index is 6.00. The first kappa shape index (κ1) is 13.7. The van der Waals surface area contributed by atoms with Crippen LogP contribution in [0.3, 0.4) is 0 Å². The normalized spacial score (nSPS) is 10.9. The number of benzene rings is 1. The first-order chi connectivity index (χ1) is 9.63. The highest BCUT2D eigenvalue weighted by molar-refractivity contribution is 9.10. The van der Waals surface area contributed by atoms with Crippen molar-refractivity contribution in [2.75, 3.05) is 5.73 Å². The molecule has 0 aliphatic carbocycles. The molecule has 0 spiro atoms. The lowest BCUT2D eigenvalue weighted by Crippen LogP contribution is -1.91. The minimum Gasteiger partial charge on any atom is -0.398 e. The van der Waals surface area contributed by atoms with Crippen LogP contribution in [0.15, 0.2) is 57.1 Å². The number of pyridine rings is 2. The van der Waals surface area contributed by atoms with Crippen molar-refractivity contribution < 1.29 is 0 Å². The van der Waals surface area contributed by atoms with Crippen LogP contribution in [0.4, 0.5) is 5.69 Å². The number of halogens is 2. The summed E-state index contributed by atoms with van der Waals surface area (Å²) in [4.78, 5) is 9.75. The second-order valence-electron chi connectivity index (χ2n) is 4.12. The average Bonchev–Trinajstić information content (AvgIpc) is 2.44. The van der Waals surface area contributed by atoms with Crippen molar-refractivity contribution in [1.29, 1.82) is 0 Å². The SMILES string of the molecule is Nc1ccc(Sc2ccc(Cl)cn2)c2ncc(Br)cc12. The number of anilines is 1. The monoisotopic (exact) mass is 365 g/mol. The molecule has 1 aromatic carbocycles. The number of nitrogens with zero attached hydrogens (tertiary/aromatic N) is 2. The molecule has 2 heterocycles. The Morgan fingerprint density at radius 3 is 2.70 bits per heavy atom. The summed E-state index contributed by atoms with van der Waals surface area (Å²) in [5.74, 6) is 0. The van der Waals surface area contributed by atoms with Crippen molar-refractivity contribution in [3.63, 3.8) is 0 Å². The number of nitrogen functional groups attached to an aromatic ring is 1. The average molecular weight is 367 g/mol. The van der Waals surface area contributed by atoms with Gasteiger partial charge in [0.05, 0.1) is 10.5 Å². The fourth-order valence-corrected chi connectivity index (χ4v) is 3.11. The summed E-state index contributed by atoms with van der Waals surface area (Å²) in [6.45, 7) is 0. The smallest absolute Gasteiger partial charge is 0.101 e. The van der Waals surface area contributed by atoms with E-state index in [0.29, 0.717) is 10.7 Å². The Morgan fingerprint density at radius 2 is 1.95 bits per heavy atom. The lowest BCUT2D eigenvalue weighted by atomic mass is 10.2. The van der Waals surface area contributed by atoms with E-state index in [-0.39, 0.29) is 0 Å². The second-order valence-corrected chi connectivity index (χ2v) is 6.53. The van der Waals surface area contributed by atoms with E-state index >= 15 is 0 Å². The van der Waals surface area contributed by atoms with Crippen molar-refractivity contribution in [3.05, 3.63) is 52.2 Å². The third-order valence-electron chi connectivity index (χ3n) is 2.73. The summed E-state index contributed by atoms with van der Waals surface area (Å²) in [5.41, 5.74) is 7.58. The van der Waals surface area contributed by atoms with Crippen LogP contribution < -0.4 is 5.73 Å². The Labute approximate surface area is 133 Å². The van der Waals surface area contributed by atoms with Crippen LogP contribution in [0.25, 0.3) is 10.9 Å². The number of fused-ring (bicyclic) bond motifs is 1. The standard InChI is InChI=1S/C14H9BrClN3S/c15-8-5-10-11(17)2-3-12(14(10)19-6-8)20-13-4-1-9(16)7-18-13/h1-7H,17H2. The van der Waals surface area contributed by atoms with Crippen LogP contribution in [0, 0.1) is 0 Å². The highest BCUT2D eigenvalue weighted by atomic mass is 79.9. The third kappa shape index (κ3) is 2.75. The predicted molar refractivity (Wildman–Crippen MR) is 87.2 cm³/mol. The van der Waals surface area contributed by atoms with Crippen molar-refractivity contribution >= 4 is 55.9 Å². The highest BCUT2D eigenvalue weighted by Gasteiger charge is 2.08. The second kappa shape index (κ2) is 5.60. The van der Waals surface area contributed by atoms with E-state index in [9.17, 15) is 0 Å². The van der Waals surface area contributed by atoms with Crippen molar-refractivity contribution in [1.82, 2.24) is 9.97 Å². The van der Waals surface area contributed by atoms with Crippen molar-refractivity contribution in [3.8, 4) is 0 Å². The van der Waals surface area contributed by atoms with Gasteiger partial charge in [0.1, 0.15) is 5.03 Å². The topological polar surface area (TPSA) is 51.8 Å². The van der Waals surface area contributed by atoms with E-state index in [4.69, 9.17) is 17.3 Å². The molecule has 0 amide bonds. The van der Waals surface area contributed by atoms with Gasteiger partial charge in [-0.25, -0.2) is 4.98 Å². The lowest BCUT2D eigenvalue weighted by molar-refractivity contribution is 1.13. The van der Waals surface area contributed by atoms with Crippen LogP contribution in [-0.4, -0.2) is 9.97 Å². The van der Waals surface area contributed by atoms with E-state index in [1.54, 1.807) is 12.4 Å². The molecule has 100 valence electrons. The molecule has 3 nitrogen and oxygen atoms in total. The molecule has 0 fully saturated rings. The fraction of sp³-hybridized carbons (Fsp3) is 0. The molecule has 3 rings (SSSR count). The molecule has 0 saturated heterocycles. The quantitative estimate of drug-likeness (QED) is 0.663. The first-order valence-electron chi connectivity index (χ1n) is 5.76. The summed E-state index contributed by atoms with van der Waals surface area (Å²) in [6.07, 6.45) is 3.40. The Bertz CT molecular complexity index is 777. The number of nitrogens with two attached hydrogens (primary N) is 1. The van der Waals surface area contributed by atoms with Gasteiger partial charge in [-0.3, -0.25) is 4.98 Å². The molecule has 0 bridgehead atoms. The maximum Gasteiger partial charge on any atom is 0.101 e. The van der Waals surface area contributed by atoms with Gasteiger partial charge in [0.25, 0.3) is 0 Å². The lowest BCUT2D eigenvalue weighted by Gasteiger charge is -2.07. The molecule has 0 aliphatic heterocycles. The molecular formula is C14H9BrClN3S. The molecular weight excluding hydrogens is 358 g/mol. The van der Waals surface area contributed by atoms with E-state index in [1.165, 1.54) is 11.8 Å². The molecule has 0 atom stereocenters. The zero-order valence-corrected chi connectivity index (χ0v) is 13.3. The van der Waals surface area contributed by atoms with Gasteiger partial charge in [-0.05, 0) is 46.3 Å². The van der Waals surface area contributed by atoms with E-state index in [2.05, 4.69) is 25.9 Å². The van der Waals surface area contributed by atoms with Gasteiger partial charge >= 0.3 is 0 Å². The minimum atomic E-state index is 0.624. The van der Waals surface area contributed by atoms with Gasteiger partial charge in [-0.2, -0.15) is 0 Å². The van der Waals surface area contributed by atoms with E-state index < -0.39 is 0 Å². The Kier molecular flexibility index (Phi) is 3.83.